The lowest BCUT2D eigenvalue weighted by Gasteiger charge is -2.45. The molecule has 2 aliphatic rings. The van der Waals surface area contributed by atoms with E-state index in [-0.39, 0.29) is 23.7 Å². The fourth-order valence-corrected chi connectivity index (χ4v) is 4.82. The van der Waals surface area contributed by atoms with Gasteiger partial charge in [-0.15, -0.1) is 0 Å². The molecule has 1 aliphatic heterocycles. The Kier molecular flexibility index (Phi) is 5.70. The molecule has 0 bridgehead atoms. The summed E-state index contributed by atoms with van der Waals surface area (Å²) < 4.78 is 0. The van der Waals surface area contributed by atoms with Crippen molar-refractivity contribution in [2.45, 2.75) is 25.8 Å². The molecule has 0 aromatic heterocycles. The van der Waals surface area contributed by atoms with Gasteiger partial charge in [-0.2, -0.15) is 0 Å². The fourth-order valence-electron chi connectivity index (χ4n) is 4.82. The first kappa shape index (κ1) is 18.7. The van der Waals surface area contributed by atoms with Gasteiger partial charge in [0.15, 0.2) is 0 Å². The molecule has 4 atom stereocenters. The van der Waals surface area contributed by atoms with E-state index >= 15 is 0 Å². The van der Waals surface area contributed by atoms with Crippen LogP contribution in [0.25, 0.3) is 0 Å². The molecule has 2 aromatic rings. The van der Waals surface area contributed by atoms with Gasteiger partial charge in [-0.25, -0.2) is 0 Å². The molecule has 1 saturated heterocycles. The zero-order valence-electron chi connectivity index (χ0n) is 16.1. The number of fused-ring (bicyclic) bond motifs is 1. The number of rotatable bonds is 6. The lowest BCUT2D eigenvalue weighted by Crippen LogP contribution is -2.53. The second-order valence-electron chi connectivity index (χ2n) is 8.06. The molecular weight excluding hydrogens is 346 g/mol. The molecule has 0 spiro atoms. The summed E-state index contributed by atoms with van der Waals surface area (Å²) in [5.41, 5.74) is 2.43. The number of aryl methyl sites for hydroxylation is 1. The molecule has 4 unspecified atom stereocenters. The summed E-state index contributed by atoms with van der Waals surface area (Å²) in [4.78, 5) is 27.2. The van der Waals surface area contributed by atoms with Crippen LogP contribution in [0.15, 0.2) is 72.8 Å². The predicted molar refractivity (Wildman–Crippen MR) is 110 cm³/mol. The Hall–Kier alpha value is -2.68. The van der Waals surface area contributed by atoms with Crippen molar-refractivity contribution in [2.75, 3.05) is 6.54 Å². The Morgan fingerprint density at radius 1 is 0.964 bits per heavy atom. The molecule has 2 aromatic carbocycles. The first-order valence-electron chi connectivity index (χ1n) is 10.2. The minimum atomic E-state index is -0.109. The number of allylic oxidation sites excluding steroid dienone is 2. The molecular formula is C25H27NO2. The molecule has 28 heavy (non-hydrogen) atoms. The molecule has 4 rings (SSSR count). The van der Waals surface area contributed by atoms with E-state index in [1.807, 2.05) is 41.3 Å². The third-order valence-electron chi connectivity index (χ3n) is 6.28. The largest absolute Gasteiger partial charge is 0.337 e. The number of aldehydes is 1. The van der Waals surface area contributed by atoms with E-state index in [0.29, 0.717) is 19.0 Å². The summed E-state index contributed by atoms with van der Waals surface area (Å²) in [5, 5.41) is 0. The standard InChI is InChI=1S/C25H27NO2/c27-18-22-17-26(16-20-10-5-2-6-11-20)25(28)24-21(12-7-13-23(22)24)15-14-19-8-3-1-4-9-19/h1-11,13,18,21-24H,12,14-17H2. The molecule has 3 heteroatoms. The number of benzene rings is 2. The SMILES string of the molecule is O=CC1CN(Cc2ccccc2)C(=O)C2C(CCc3ccccc3)CC=CC12. The summed E-state index contributed by atoms with van der Waals surface area (Å²) in [5.74, 6) is 0.369. The van der Waals surface area contributed by atoms with Gasteiger partial charge in [0.2, 0.25) is 5.91 Å². The van der Waals surface area contributed by atoms with Gasteiger partial charge >= 0.3 is 0 Å². The Balaban J connectivity index is 1.53. The monoisotopic (exact) mass is 373 g/mol. The normalized spacial score (nSPS) is 26.7. The summed E-state index contributed by atoms with van der Waals surface area (Å²) in [7, 11) is 0. The second-order valence-corrected chi connectivity index (χ2v) is 8.06. The van der Waals surface area contributed by atoms with E-state index in [4.69, 9.17) is 0 Å². The topological polar surface area (TPSA) is 37.4 Å². The number of likely N-dealkylation sites (tertiary alicyclic amines) is 1. The summed E-state index contributed by atoms with van der Waals surface area (Å²) in [6.45, 7) is 1.11. The van der Waals surface area contributed by atoms with Crippen LogP contribution < -0.4 is 0 Å². The van der Waals surface area contributed by atoms with Gasteiger partial charge in [-0.1, -0.05) is 72.8 Å². The van der Waals surface area contributed by atoms with E-state index in [2.05, 4.69) is 36.4 Å². The van der Waals surface area contributed by atoms with E-state index in [1.165, 1.54) is 5.56 Å². The first-order chi connectivity index (χ1) is 13.8. The minimum Gasteiger partial charge on any atom is -0.337 e. The molecule has 1 heterocycles. The van der Waals surface area contributed by atoms with E-state index in [1.54, 1.807) is 0 Å². The van der Waals surface area contributed by atoms with Crippen molar-refractivity contribution in [3.05, 3.63) is 83.9 Å². The molecule has 1 aliphatic carbocycles. The van der Waals surface area contributed by atoms with E-state index < -0.39 is 0 Å². The van der Waals surface area contributed by atoms with Gasteiger partial charge in [0, 0.05) is 24.9 Å². The lowest BCUT2D eigenvalue weighted by molar-refractivity contribution is -0.148. The van der Waals surface area contributed by atoms with Crippen molar-refractivity contribution in [3.8, 4) is 0 Å². The van der Waals surface area contributed by atoms with Crippen LogP contribution in [0.2, 0.25) is 0 Å². The smallest absolute Gasteiger partial charge is 0.226 e. The Morgan fingerprint density at radius 2 is 1.64 bits per heavy atom. The number of hydrogen-bond donors (Lipinski definition) is 0. The quantitative estimate of drug-likeness (QED) is 0.560. The van der Waals surface area contributed by atoms with Gasteiger partial charge in [0.25, 0.3) is 0 Å². The summed E-state index contributed by atoms with van der Waals surface area (Å²) in [6.07, 6.45) is 8.25. The number of carbonyl (C=O) groups excluding carboxylic acids is 2. The third-order valence-corrected chi connectivity index (χ3v) is 6.28. The van der Waals surface area contributed by atoms with Crippen LogP contribution in [0.4, 0.5) is 0 Å². The molecule has 144 valence electrons. The number of piperidine rings is 1. The Labute approximate surface area is 167 Å². The molecule has 1 fully saturated rings. The average Bonchev–Trinajstić information content (AvgIpc) is 2.75. The van der Waals surface area contributed by atoms with Gasteiger partial charge in [0.1, 0.15) is 6.29 Å². The van der Waals surface area contributed by atoms with Crippen LogP contribution in [-0.4, -0.2) is 23.6 Å². The molecule has 0 saturated carbocycles. The highest BCUT2D eigenvalue weighted by atomic mass is 16.2. The van der Waals surface area contributed by atoms with Gasteiger partial charge in [-0.3, -0.25) is 4.79 Å². The highest BCUT2D eigenvalue weighted by Gasteiger charge is 2.45. The Morgan fingerprint density at radius 3 is 2.32 bits per heavy atom. The van der Waals surface area contributed by atoms with Crippen molar-refractivity contribution >= 4 is 12.2 Å². The van der Waals surface area contributed by atoms with Crippen molar-refractivity contribution in [2.24, 2.45) is 23.7 Å². The van der Waals surface area contributed by atoms with Crippen molar-refractivity contribution in [3.63, 3.8) is 0 Å². The van der Waals surface area contributed by atoms with Crippen LogP contribution >= 0.6 is 0 Å². The molecule has 3 nitrogen and oxygen atoms in total. The van der Waals surface area contributed by atoms with Gasteiger partial charge in [0.05, 0.1) is 0 Å². The highest BCUT2D eigenvalue weighted by Crippen LogP contribution is 2.41. The maximum Gasteiger partial charge on any atom is 0.226 e. The van der Waals surface area contributed by atoms with Gasteiger partial charge in [-0.05, 0) is 42.2 Å². The summed E-state index contributed by atoms with van der Waals surface area (Å²) >= 11 is 0. The minimum absolute atomic E-state index is 0.0477. The van der Waals surface area contributed by atoms with Crippen LogP contribution in [0.1, 0.15) is 24.0 Å². The van der Waals surface area contributed by atoms with Crippen LogP contribution in [-0.2, 0) is 22.6 Å². The zero-order chi connectivity index (χ0) is 19.3. The number of carbonyl (C=O) groups is 2. The van der Waals surface area contributed by atoms with Crippen LogP contribution in [0.5, 0.6) is 0 Å². The number of nitrogens with zero attached hydrogens (tertiary/aromatic N) is 1. The fraction of sp³-hybridized carbons (Fsp3) is 0.360. The lowest BCUT2D eigenvalue weighted by atomic mass is 9.66. The average molecular weight is 373 g/mol. The maximum absolute atomic E-state index is 13.4. The van der Waals surface area contributed by atoms with Crippen LogP contribution in [0.3, 0.4) is 0 Å². The second kappa shape index (κ2) is 8.55. The maximum atomic E-state index is 13.4. The van der Waals surface area contributed by atoms with Crippen molar-refractivity contribution < 1.29 is 9.59 Å². The predicted octanol–water partition coefficient (Wildman–Crippen LogP) is 4.29. The molecule has 0 N–H and O–H groups in total. The highest BCUT2D eigenvalue weighted by molar-refractivity contribution is 5.82. The van der Waals surface area contributed by atoms with E-state index in [9.17, 15) is 9.59 Å². The molecule has 1 amide bonds. The number of hydrogen-bond acceptors (Lipinski definition) is 2. The molecule has 0 radical (unpaired) electrons. The van der Waals surface area contributed by atoms with Crippen LogP contribution in [0, 0.1) is 23.7 Å². The van der Waals surface area contributed by atoms with Gasteiger partial charge < -0.3 is 9.69 Å². The zero-order valence-corrected chi connectivity index (χ0v) is 16.1. The number of amides is 1. The van der Waals surface area contributed by atoms with E-state index in [0.717, 1.165) is 31.1 Å². The Bertz CT molecular complexity index is 830. The first-order valence-corrected chi connectivity index (χ1v) is 10.2. The van der Waals surface area contributed by atoms with Crippen molar-refractivity contribution in [1.82, 2.24) is 4.90 Å². The third kappa shape index (κ3) is 3.94. The van der Waals surface area contributed by atoms with Crippen molar-refractivity contribution in [1.29, 1.82) is 0 Å². The summed E-state index contributed by atoms with van der Waals surface area (Å²) in [6, 6.07) is 20.5.